The molecule has 3 rings (SSSR count). The number of thioether (sulfide) groups is 1. The quantitative estimate of drug-likeness (QED) is 0.486. The lowest BCUT2D eigenvalue weighted by atomic mass is 10.2. The van der Waals surface area contributed by atoms with E-state index in [9.17, 15) is 0 Å². The molecule has 1 saturated heterocycles. The lowest BCUT2D eigenvalue weighted by molar-refractivity contribution is 0.127. The van der Waals surface area contributed by atoms with Crippen molar-refractivity contribution >= 4 is 36.6 Å². The highest BCUT2D eigenvalue weighted by atomic mass is 35.5. The largest absolute Gasteiger partial charge is 0.301 e. The third kappa shape index (κ3) is 8.02. The fraction of sp³-hybridized carbons (Fsp3) is 0.400. The number of piperazine rings is 1. The Morgan fingerprint density at radius 2 is 1.28 bits per heavy atom. The number of benzene rings is 2. The van der Waals surface area contributed by atoms with Gasteiger partial charge in [-0.15, -0.1) is 36.6 Å². The normalized spacial score (nSPS) is 15.2. The van der Waals surface area contributed by atoms with Gasteiger partial charge >= 0.3 is 0 Å². The van der Waals surface area contributed by atoms with Crippen molar-refractivity contribution in [2.45, 2.75) is 17.9 Å². The van der Waals surface area contributed by atoms with E-state index >= 15 is 0 Å². The van der Waals surface area contributed by atoms with Crippen LogP contribution in [0.5, 0.6) is 0 Å². The summed E-state index contributed by atoms with van der Waals surface area (Å²) < 4.78 is 0. The van der Waals surface area contributed by atoms with Crippen LogP contribution in [0.25, 0.3) is 0 Å². The van der Waals surface area contributed by atoms with Gasteiger partial charge in [0.15, 0.2) is 0 Å². The molecule has 0 bridgehead atoms. The van der Waals surface area contributed by atoms with Crippen LogP contribution in [0.15, 0.2) is 65.6 Å². The Labute approximate surface area is 168 Å². The second kappa shape index (κ2) is 12.6. The SMILES string of the molecule is Cl.Cl.c1ccc(CN2CCN(CCCSc3ccccc3)CC2)cc1. The molecule has 1 aliphatic rings. The second-order valence-electron chi connectivity index (χ2n) is 6.12. The molecule has 1 aliphatic heterocycles. The van der Waals surface area contributed by atoms with Gasteiger partial charge in [-0.05, 0) is 36.4 Å². The van der Waals surface area contributed by atoms with Gasteiger partial charge in [-0.1, -0.05) is 48.5 Å². The first kappa shape index (κ1) is 22.3. The maximum absolute atomic E-state index is 2.62. The van der Waals surface area contributed by atoms with Crippen molar-refractivity contribution in [1.29, 1.82) is 0 Å². The smallest absolute Gasteiger partial charge is 0.0234 e. The fourth-order valence-corrected chi connectivity index (χ4v) is 3.87. The molecular weight excluding hydrogens is 371 g/mol. The summed E-state index contributed by atoms with van der Waals surface area (Å²) in [5.74, 6) is 1.22. The highest BCUT2D eigenvalue weighted by Crippen LogP contribution is 2.18. The summed E-state index contributed by atoms with van der Waals surface area (Å²) in [6.07, 6.45) is 1.28. The Bertz CT molecular complexity index is 558. The van der Waals surface area contributed by atoms with E-state index in [1.807, 2.05) is 11.8 Å². The maximum Gasteiger partial charge on any atom is 0.0234 e. The van der Waals surface area contributed by atoms with Gasteiger partial charge in [0.05, 0.1) is 0 Å². The van der Waals surface area contributed by atoms with E-state index in [0.29, 0.717) is 0 Å². The highest BCUT2D eigenvalue weighted by Gasteiger charge is 2.16. The third-order valence-electron chi connectivity index (χ3n) is 4.34. The predicted octanol–water partition coefficient (Wildman–Crippen LogP) is 4.83. The minimum absolute atomic E-state index is 0. The van der Waals surface area contributed by atoms with Crippen LogP contribution in [0.4, 0.5) is 0 Å². The minimum atomic E-state index is 0. The number of hydrogen-bond acceptors (Lipinski definition) is 3. The van der Waals surface area contributed by atoms with E-state index in [0.717, 1.165) is 6.54 Å². The first-order chi connectivity index (χ1) is 11.4. The molecular formula is C20H28Cl2N2S. The lowest BCUT2D eigenvalue weighted by Crippen LogP contribution is -2.46. The zero-order valence-electron chi connectivity index (χ0n) is 14.5. The van der Waals surface area contributed by atoms with Crippen molar-refractivity contribution < 1.29 is 0 Å². The van der Waals surface area contributed by atoms with E-state index in [-0.39, 0.29) is 24.8 Å². The van der Waals surface area contributed by atoms with Crippen molar-refractivity contribution in [1.82, 2.24) is 9.80 Å². The topological polar surface area (TPSA) is 6.48 Å². The van der Waals surface area contributed by atoms with E-state index in [1.165, 1.54) is 55.4 Å². The molecule has 138 valence electrons. The van der Waals surface area contributed by atoms with Crippen LogP contribution in [-0.2, 0) is 6.54 Å². The van der Waals surface area contributed by atoms with Crippen molar-refractivity contribution in [2.75, 3.05) is 38.5 Å². The molecule has 0 atom stereocenters. The van der Waals surface area contributed by atoms with Crippen molar-refractivity contribution in [3.8, 4) is 0 Å². The second-order valence-corrected chi connectivity index (χ2v) is 7.29. The summed E-state index contributed by atoms with van der Waals surface area (Å²) in [5.41, 5.74) is 1.43. The molecule has 1 fully saturated rings. The molecule has 0 amide bonds. The van der Waals surface area contributed by atoms with Gasteiger partial charge in [0.1, 0.15) is 0 Å². The third-order valence-corrected chi connectivity index (χ3v) is 5.44. The average Bonchev–Trinajstić information content (AvgIpc) is 2.62. The Morgan fingerprint density at radius 3 is 1.92 bits per heavy atom. The molecule has 2 aromatic carbocycles. The monoisotopic (exact) mass is 398 g/mol. The lowest BCUT2D eigenvalue weighted by Gasteiger charge is -2.34. The van der Waals surface area contributed by atoms with Crippen molar-refractivity contribution in [2.24, 2.45) is 0 Å². The molecule has 1 heterocycles. The van der Waals surface area contributed by atoms with Crippen molar-refractivity contribution in [3.05, 3.63) is 66.2 Å². The Balaban J connectivity index is 0.00000156. The van der Waals surface area contributed by atoms with E-state index in [2.05, 4.69) is 70.5 Å². The molecule has 0 radical (unpaired) electrons. The molecule has 0 saturated carbocycles. The maximum atomic E-state index is 2.62. The summed E-state index contributed by atoms with van der Waals surface area (Å²) in [4.78, 5) is 6.58. The van der Waals surface area contributed by atoms with Gasteiger partial charge in [0.25, 0.3) is 0 Å². The summed E-state index contributed by atoms with van der Waals surface area (Å²) >= 11 is 1.97. The van der Waals surface area contributed by atoms with Crippen LogP contribution in [-0.4, -0.2) is 48.3 Å². The molecule has 25 heavy (non-hydrogen) atoms. The number of halogens is 2. The van der Waals surface area contributed by atoms with E-state index in [1.54, 1.807) is 0 Å². The van der Waals surface area contributed by atoms with Crippen LogP contribution in [0.3, 0.4) is 0 Å². The van der Waals surface area contributed by atoms with Gasteiger partial charge in [0, 0.05) is 37.6 Å². The number of hydrogen-bond donors (Lipinski definition) is 0. The number of rotatable bonds is 7. The molecule has 2 nitrogen and oxygen atoms in total. The zero-order valence-corrected chi connectivity index (χ0v) is 17.0. The van der Waals surface area contributed by atoms with Gasteiger partial charge in [-0.3, -0.25) is 4.90 Å². The average molecular weight is 399 g/mol. The fourth-order valence-electron chi connectivity index (χ4n) is 3.01. The summed E-state index contributed by atoms with van der Waals surface area (Å²) in [6, 6.07) is 21.5. The van der Waals surface area contributed by atoms with Gasteiger partial charge in [-0.2, -0.15) is 0 Å². The van der Waals surface area contributed by atoms with E-state index in [4.69, 9.17) is 0 Å². The highest BCUT2D eigenvalue weighted by molar-refractivity contribution is 7.99. The first-order valence-corrected chi connectivity index (χ1v) is 9.55. The van der Waals surface area contributed by atoms with Crippen LogP contribution in [0, 0.1) is 0 Å². The Kier molecular flexibility index (Phi) is 11.3. The first-order valence-electron chi connectivity index (χ1n) is 8.57. The molecule has 0 aromatic heterocycles. The number of nitrogens with zero attached hydrogens (tertiary/aromatic N) is 2. The molecule has 0 N–H and O–H groups in total. The van der Waals surface area contributed by atoms with Gasteiger partial charge in [0.2, 0.25) is 0 Å². The Morgan fingerprint density at radius 1 is 0.720 bits per heavy atom. The molecule has 0 spiro atoms. The summed E-state index contributed by atoms with van der Waals surface area (Å²) in [5, 5.41) is 0. The van der Waals surface area contributed by atoms with Crippen LogP contribution in [0.2, 0.25) is 0 Å². The van der Waals surface area contributed by atoms with Crippen LogP contribution < -0.4 is 0 Å². The summed E-state index contributed by atoms with van der Waals surface area (Å²) in [7, 11) is 0. The van der Waals surface area contributed by atoms with Crippen LogP contribution in [0.1, 0.15) is 12.0 Å². The summed E-state index contributed by atoms with van der Waals surface area (Å²) in [6.45, 7) is 7.14. The molecule has 2 aromatic rings. The zero-order chi connectivity index (χ0) is 15.7. The van der Waals surface area contributed by atoms with Gasteiger partial charge in [-0.25, -0.2) is 0 Å². The predicted molar refractivity (Wildman–Crippen MR) is 114 cm³/mol. The van der Waals surface area contributed by atoms with E-state index < -0.39 is 0 Å². The molecule has 0 aliphatic carbocycles. The Hall–Kier alpha value is -0.710. The standard InChI is InChI=1S/C20H26N2S.2ClH/c1-3-8-19(9-4-1)18-22-15-13-21(14-16-22)12-7-17-23-20-10-5-2-6-11-20;;/h1-6,8-11H,7,12-18H2;2*1H. The molecule has 5 heteroatoms. The van der Waals surface area contributed by atoms with Crippen molar-refractivity contribution in [3.63, 3.8) is 0 Å². The molecule has 0 unspecified atom stereocenters. The minimum Gasteiger partial charge on any atom is -0.301 e. The van der Waals surface area contributed by atoms with Gasteiger partial charge < -0.3 is 4.90 Å². The van der Waals surface area contributed by atoms with Crippen LogP contribution >= 0.6 is 36.6 Å².